The van der Waals surface area contributed by atoms with Gasteiger partial charge in [0, 0.05) is 13.0 Å². The Balaban J connectivity index is 2.88. The zero-order valence-electron chi connectivity index (χ0n) is 10.5. The quantitative estimate of drug-likeness (QED) is 0.741. The predicted octanol–water partition coefficient (Wildman–Crippen LogP) is 1.36. The van der Waals surface area contributed by atoms with Gasteiger partial charge in [-0.15, -0.1) is 0 Å². The number of carbonyl (C=O) groups is 1. The lowest BCUT2D eigenvalue weighted by Gasteiger charge is -2.35. The third-order valence-electron chi connectivity index (χ3n) is 3.32. The number of hydrogen-bond acceptors (Lipinski definition) is 4. The van der Waals surface area contributed by atoms with Crippen molar-refractivity contribution in [2.24, 2.45) is 11.8 Å². The first-order valence-corrected chi connectivity index (χ1v) is 5.94. The Hall–Kier alpha value is -0.610. The van der Waals surface area contributed by atoms with Crippen LogP contribution in [0.3, 0.4) is 0 Å². The normalized spacial score (nSPS) is 31.8. The Kier molecular flexibility index (Phi) is 4.33. The van der Waals surface area contributed by atoms with Gasteiger partial charge in [-0.2, -0.15) is 0 Å². The molecule has 1 aliphatic heterocycles. The van der Waals surface area contributed by atoms with Crippen molar-refractivity contribution in [3.05, 3.63) is 0 Å². The maximum absolute atomic E-state index is 11.9. The molecule has 3 unspecified atom stereocenters. The SMILES string of the molecule is CCOC(=O)C(C(C)C)C1(O)CCOC1C. The van der Waals surface area contributed by atoms with Gasteiger partial charge in [-0.25, -0.2) is 0 Å². The van der Waals surface area contributed by atoms with Crippen molar-refractivity contribution < 1.29 is 19.4 Å². The van der Waals surface area contributed by atoms with Gasteiger partial charge in [0.1, 0.15) is 5.60 Å². The van der Waals surface area contributed by atoms with Crippen molar-refractivity contribution >= 4 is 5.97 Å². The highest BCUT2D eigenvalue weighted by molar-refractivity contribution is 5.74. The first-order valence-electron chi connectivity index (χ1n) is 5.94. The maximum atomic E-state index is 11.9. The number of rotatable bonds is 4. The van der Waals surface area contributed by atoms with Crippen molar-refractivity contribution in [2.45, 2.75) is 45.8 Å². The van der Waals surface area contributed by atoms with Crippen molar-refractivity contribution in [1.29, 1.82) is 0 Å². The van der Waals surface area contributed by atoms with Gasteiger partial charge in [0.2, 0.25) is 0 Å². The minimum absolute atomic E-state index is 0.0354. The van der Waals surface area contributed by atoms with Crippen LogP contribution in [0, 0.1) is 11.8 Å². The van der Waals surface area contributed by atoms with Gasteiger partial charge < -0.3 is 14.6 Å². The summed E-state index contributed by atoms with van der Waals surface area (Å²) in [5.74, 6) is -0.796. The fourth-order valence-corrected chi connectivity index (χ4v) is 2.44. The van der Waals surface area contributed by atoms with Crippen molar-refractivity contribution in [3.63, 3.8) is 0 Å². The Morgan fingerprint density at radius 3 is 2.62 bits per heavy atom. The highest BCUT2D eigenvalue weighted by Crippen LogP contribution is 2.37. The van der Waals surface area contributed by atoms with Gasteiger partial charge in [0.25, 0.3) is 0 Å². The van der Waals surface area contributed by atoms with E-state index in [2.05, 4.69) is 0 Å². The number of carbonyl (C=O) groups excluding carboxylic acids is 1. The molecular weight excluding hydrogens is 208 g/mol. The van der Waals surface area contributed by atoms with Crippen LogP contribution < -0.4 is 0 Å². The maximum Gasteiger partial charge on any atom is 0.312 e. The number of aliphatic hydroxyl groups is 1. The molecule has 1 saturated heterocycles. The number of hydrogen-bond donors (Lipinski definition) is 1. The smallest absolute Gasteiger partial charge is 0.312 e. The molecule has 0 amide bonds. The molecule has 16 heavy (non-hydrogen) atoms. The second-order valence-corrected chi connectivity index (χ2v) is 4.73. The molecule has 0 aromatic rings. The van der Waals surface area contributed by atoms with Crippen molar-refractivity contribution in [3.8, 4) is 0 Å². The molecular formula is C12H22O4. The minimum atomic E-state index is -1.08. The highest BCUT2D eigenvalue weighted by atomic mass is 16.5. The van der Waals surface area contributed by atoms with E-state index in [-0.39, 0.29) is 18.0 Å². The highest BCUT2D eigenvalue weighted by Gasteiger charge is 2.51. The molecule has 3 atom stereocenters. The van der Waals surface area contributed by atoms with Crippen LogP contribution in [0.4, 0.5) is 0 Å². The average Bonchev–Trinajstić information content (AvgIpc) is 2.47. The molecule has 1 rings (SSSR count). The number of ether oxygens (including phenoxy) is 2. The molecule has 1 fully saturated rings. The van der Waals surface area contributed by atoms with E-state index in [1.165, 1.54) is 0 Å². The van der Waals surface area contributed by atoms with E-state index in [1.807, 2.05) is 20.8 Å². The van der Waals surface area contributed by atoms with Gasteiger partial charge in [0.05, 0.1) is 18.6 Å². The second-order valence-electron chi connectivity index (χ2n) is 4.73. The molecule has 94 valence electrons. The summed E-state index contributed by atoms with van der Waals surface area (Å²) in [7, 11) is 0. The molecule has 1 N–H and O–H groups in total. The minimum Gasteiger partial charge on any atom is -0.466 e. The van der Waals surface area contributed by atoms with Crippen molar-refractivity contribution in [1.82, 2.24) is 0 Å². The summed E-state index contributed by atoms with van der Waals surface area (Å²) in [6.45, 7) is 8.26. The van der Waals surface area contributed by atoms with Crippen LogP contribution in [0.2, 0.25) is 0 Å². The first-order chi connectivity index (χ1) is 7.43. The summed E-state index contributed by atoms with van der Waals surface area (Å²) in [6, 6.07) is 0. The molecule has 0 radical (unpaired) electrons. The van der Waals surface area contributed by atoms with Gasteiger partial charge in [-0.1, -0.05) is 13.8 Å². The van der Waals surface area contributed by atoms with Gasteiger partial charge in [0.15, 0.2) is 0 Å². The Morgan fingerprint density at radius 2 is 2.25 bits per heavy atom. The van der Waals surface area contributed by atoms with Crippen LogP contribution in [-0.2, 0) is 14.3 Å². The fourth-order valence-electron chi connectivity index (χ4n) is 2.44. The van der Waals surface area contributed by atoms with Crippen LogP contribution in [0.1, 0.15) is 34.1 Å². The van der Waals surface area contributed by atoms with Crippen LogP contribution in [0.5, 0.6) is 0 Å². The van der Waals surface area contributed by atoms with E-state index in [0.29, 0.717) is 19.6 Å². The lowest BCUT2D eigenvalue weighted by molar-refractivity contribution is -0.166. The summed E-state index contributed by atoms with van der Waals surface area (Å²) in [5.41, 5.74) is -1.08. The molecule has 0 aromatic carbocycles. The molecule has 4 nitrogen and oxygen atoms in total. The molecule has 4 heteroatoms. The summed E-state index contributed by atoms with van der Waals surface area (Å²) in [4.78, 5) is 11.9. The zero-order chi connectivity index (χ0) is 12.3. The van der Waals surface area contributed by atoms with E-state index in [1.54, 1.807) is 6.92 Å². The average molecular weight is 230 g/mol. The summed E-state index contributed by atoms with van der Waals surface area (Å²) < 4.78 is 10.4. The third-order valence-corrected chi connectivity index (χ3v) is 3.32. The zero-order valence-corrected chi connectivity index (χ0v) is 10.5. The topological polar surface area (TPSA) is 55.8 Å². The van der Waals surface area contributed by atoms with Crippen molar-refractivity contribution in [2.75, 3.05) is 13.2 Å². The number of esters is 1. The molecule has 0 aliphatic carbocycles. The van der Waals surface area contributed by atoms with Crippen LogP contribution in [-0.4, -0.2) is 36.0 Å². The molecule has 0 aromatic heterocycles. The molecule has 0 spiro atoms. The summed E-state index contributed by atoms with van der Waals surface area (Å²) in [6.07, 6.45) is 0.180. The molecule has 0 bridgehead atoms. The fraction of sp³-hybridized carbons (Fsp3) is 0.917. The predicted molar refractivity (Wildman–Crippen MR) is 59.9 cm³/mol. The van der Waals surface area contributed by atoms with E-state index in [4.69, 9.17) is 9.47 Å². The lowest BCUT2D eigenvalue weighted by Crippen LogP contribution is -2.50. The Bertz CT molecular complexity index is 251. The summed E-state index contributed by atoms with van der Waals surface area (Å²) in [5, 5.41) is 10.6. The van der Waals surface area contributed by atoms with E-state index >= 15 is 0 Å². The monoisotopic (exact) mass is 230 g/mol. The van der Waals surface area contributed by atoms with Crippen LogP contribution in [0.15, 0.2) is 0 Å². The Morgan fingerprint density at radius 1 is 1.62 bits per heavy atom. The van der Waals surface area contributed by atoms with Gasteiger partial charge in [-0.05, 0) is 19.8 Å². The largest absolute Gasteiger partial charge is 0.466 e. The second kappa shape index (κ2) is 5.15. The first kappa shape index (κ1) is 13.5. The van der Waals surface area contributed by atoms with Gasteiger partial charge >= 0.3 is 5.97 Å². The van der Waals surface area contributed by atoms with E-state index in [0.717, 1.165) is 0 Å². The molecule has 1 heterocycles. The van der Waals surface area contributed by atoms with E-state index in [9.17, 15) is 9.90 Å². The third kappa shape index (κ3) is 2.38. The van der Waals surface area contributed by atoms with Crippen LogP contribution >= 0.6 is 0 Å². The molecule has 1 aliphatic rings. The van der Waals surface area contributed by atoms with Crippen LogP contribution in [0.25, 0.3) is 0 Å². The van der Waals surface area contributed by atoms with Gasteiger partial charge in [-0.3, -0.25) is 4.79 Å². The van der Waals surface area contributed by atoms with E-state index < -0.39 is 11.5 Å². The Labute approximate surface area is 96.9 Å². The molecule has 0 saturated carbocycles. The summed E-state index contributed by atoms with van der Waals surface area (Å²) >= 11 is 0. The lowest BCUT2D eigenvalue weighted by atomic mass is 9.76. The standard InChI is InChI=1S/C12H22O4/c1-5-15-11(13)10(8(2)3)12(14)6-7-16-9(12)4/h8-10,14H,5-7H2,1-4H3.